The van der Waals surface area contributed by atoms with E-state index in [2.05, 4.69) is 9.88 Å². The van der Waals surface area contributed by atoms with Gasteiger partial charge in [-0.25, -0.2) is 13.4 Å². The maximum Gasteiger partial charge on any atom is 0.244 e. The molecule has 0 unspecified atom stereocenters. The quantitative estimate of drug-likeness (QED) is 0.683. The van der Waals surface area contributed by atoms with Crippen LogP contribution in [0.25, 0.3) is 0 Å². The summed E-state index contributed by atoms with van der Waals surface area (Å²) in [5.74, 6) is 0.791. The highest BCUT2D eigenvalue weighted by atomic mass is 35.5. The third-order valence-corrected chi connectivity index (χ3v) is 8.18. The summed E-state index contributed by atoms with van der Waals surface area (Å²) in [6.45, 7) is 3.65. The van der Waals surface area contributed by atoms with Crippen LogP contribution in [-0.4, -0.2) is 67.8 Å². The molecule has 166 valence electrons. The second kappa shape index (κ2) is 9.54. The van der Waals surface area contributed by atoms with Gasteiger partial charge in [-0.05, 0) is 36.6 Å². The van der Waals surface area contributed by atoms with Gasteiger partial charge in [0.2, 0.25) is 15.9 Å². The smallest absolute Gasteiger partial charge is 0.244 e. The lowest BCUT2D eigenvalue weighted by molar-refractivity contribution is -0.130. The number of pyridine rings is 1. The van der Waals surface area contributed by atoms with Crippen molar-refractivity contribution in [1.29, 1.82) is 0 Å². The van der Waals surface area contributed by atoms with Gasteiger partial charge in [-0.1, -0.05) is 36.2 Å². The summed E-state index contributed by atoms with van der Waals surface area (Å²) < 4.78 is 27.1. The van der Waals surface area contributed by atoms with Crippen molar-refractivity contribution in [3.05, 3.63) is 53.2 Å². The summed E-state index contributed by atoms with van der Waals surface area (Å²) in [4.78, 5) is 21.2. The van der Waals surface area contributed by atoms with Gasteiger partial charge in [0.25, 0.3) is 0 Å². The molecule has 0 atom stereocenters. The minimum atomic E-state index is -3.47. The maximum absolute atomic E-state index is 12.8. The highest BCUT2D eigenvalue weighted by Gasteiger charge is 2.27. The molecule has 31 heavy (non-hydrogen) atoms. The van der Waals surface area contributed by atoms with Crippen LogP contribution >= 0.6 is 11.6 Å². The monoisotopic (exact) mass is 462 g/mol. The van der Waals surface area contributed by atoms with E-state index in [9.17, 15) is 13.2 Å². The zero-order chi connectivity index (χ0) is 21.8. The van der Waals surface area contributed by atoms with Gasteiger partial charge in [-0.15, -0.1) is 0 Å². The first-order chi connectivity index (χ1) is 14.9. The molecule has 2 aromatic rings. The van der Waals surface area contributed by atoms with E-state index in [1.165, 1.54) is 6.20 Å². The van der Waals surface area contributed by atoms with Crippen LogP contribution in [-0.2, 0) is 21.2 Å². The number of hydrogen-bond acceptors (Lipinski definition) is 5. The van der Waals surface area contributed by atoms with E-state index in [1.807, 2.05) is 23.1 Å². The van der Waals surface area contributed by atoms with Crippen molar-refractivity contribution in [3.8, 4) is 0 Å². The predicted molar refractivity (Wildman–Crippen MR) is 121 cm³/mol. The van der Waals surface area contributed by atoms with Gasteiger partial charge < -0.3 is 9.80 Å². The van der Waals surface area contributed by atoms with Crippen molar-refractivity contribution >= 4 is 33.3 Å². The Morgan fingerprint density at radius 1 is 0.935 bits per heavy atom. The number of amides is 1. The molecule has 0 saturated carbocycles. The van der Waals surface area contributed by atoms with Gasteiger partial charge in [0.1, 0.15) is 10.7 Å². The minimum Gasteiger partial charge on any atom is -0.353 e. The lowest BCUT2D eigenvalue weighted by atomic mass is 10.1. The van der Waals surface area contributed by atoms with Crippen molar-refractivity contribution in [2.75, 3.05) is 44.2 Å². The number of piperidine rings is 1. The second-order valence-corrected chi connectivity index (χ2v) is 10.3. The van der Waals surface area contributed by atoms with E-state index in [-0.39, 0.29) is 10.8 Å². The summed E-state index contributed by atoms with van der Waals surface area (Å²) in [6.07, 6.45) is 4.64. The van der Waals surface area contributed by atoms with Gasteiger partial charge in [-0.3, -0.25) is 4.79 Å². The van der Waals surface area contributed by atoms with Gasteiger partial charge in [0, 0.05) is 50.5 Å². The second-order valence-electron chi connectivity index (χ2n) is 7.95. The molecule has 4 rings (SSSR count). The zero-order valence-corrected chi connectivity index (χ0v) is 19.0. The fraction of sp³-hybridized carbons (Fsp3) is 0.455. The highest BCUT2D eigenvalue weighted by molar-refractivity contribution is 7.89. The van der Waals surface area contributed by atoms with Crippen LogP contribution in [0.4, 0.5) is 5.82 Å². The number of halogens is 1. The summed E-state index contributed by atoms with van der Waals surface area (Å²) >= 11 is 6.17. The van der Waals surface area contributed by atoms with Crippen molar-refractivity contribution < 1.29 is 13.2 Å². The standard InChI is InChI=1S/C22H27ClN4O3S/c23-20-7-3-2-6-18(20)16-22(28)26-14-12-25(13-15-26)21-9-8-19(17-24-21)31(29,30)27-10-4-1-5-11-27/h2-3,6-9,17H,1,4-5,10-16H2. The predicted octanol–water partition coefficient (Wildman–Crippen LogP) is 2.80. The molecule has 0 bridgehead atoms. The Bertz CT molecular complexity index is 1020. The molecule has 2 aliphatic rings. The molecule has 0 aliphatic carbocycles. The van der Waals surface area contributed by atoms with Crippen LogP contribution in [0.3, 0.4) is 0 Å². The molecule has 0 radical (unpaired) electrons. The van der Waals surface area contributed by atoms with Gasteiger partial charge in [-0.2, -0.15) is 4.31 Å². The molecule has 1 aromatic carbocycles. The van der Waals surface area contributed by atoms with Crippen LogP contribution in [0, 0.1) is 0 Å². The maximum atomic E-state index is 12.8. The fourth-order valence-electron chi connectivity index (χ4n) is 4.07. The zero-order valence-electron chi connectivity index (χ0n) is 17.4. The van der Waals surface area contributed by atoms with E-state index in [1.54, 1.807) is 22.5 Å². The minimum absolute atomic E-state index is 0.0590. The lowest BCUT2D eigenvalue weighted by Crippen LogP contribution is -2.49. The van der Waals surface area contributed by atoms with E-state index in [0.717, 1.165) is 30.6 Å². The molecule has 2 saturated heterocycles. The first-order valence-electron chi connectivity index (χ1n) is 10.7. The first-order valence-corrected chi connectivity index (χ1v) is 12.5. The number of nitrogens with zero attached hydrogens (tertiary/aromatic N) is 4. The third kappa shape index (κ3) is 5.02. The number of carbonyl (C=O) groups is 1. The summed E-state index contributed by atoms with van der Waals surface area (Å²) in [7, 11) is -3.47. The number of piperazine rings is 1. The molecule has 3 heterocycles. The van der Waals surface area contributed by atoms with Crippen molar-refractivity contribution in [3.63, 3.8) is 0 Å². The molecule has 0 spiro atoms. The lowest BCUT2D eigenvalue weighted by Gasteiger charge is -2.35. The largest absolute Gasteiger partial charge is 0.353 e. The number of hydrogen-bond donors (Lipinski definition) is 0. The Hall–Kier alpha value is -2.16. The summed E-state index contributed by atoms with van der Waals surface area (Å²) in [5, 5.41) is 0.610. The molecule has 1 amide bonds. The average molecular weight is 463 g/mol. The topological polar surface area (TPSA) is 73.8 Å². The molecule has 1 aromatic heterocycles. The normalized spacial score (nSPS) is 18.2. The van der Waals surface area contributed by atoms with Crippen LogP contribution in [0.5, 0.6) is 0 Å². The number of anilines is 1. The van der Waals surface area contributed by atoms with Crippen molar-refractivity contribution in [1.82, 2.24) is 14.2 Å². The van der Waals surface area contributed by atoms with Gasteiger partial charge >= 0.3 is 0 Å². The van der Waals surface area contributed by atoms with Crippen molar-refractivity contribution in [2.24, 2.45) is 0 Å². The van der Waals surface area contributed by atoms with Gasteiger partial charge in [0.05, 0.1) is 6.42 Å². The Labute approximate surface area is 188 Å². The van der Waals surface area contributed by atoms with E-state index < -0.39 is 10.0 Å². The number of carbonyl (C=O) groups excluding carboxylic acids is 1. The summed E-state index contributed by atoms with van der Waals surface area (Å²) in [6, 6.07) is 10.8. The van der Waals surface area contributed by atoms with Gasteiger partial charge in [0.15, 0.2) is 0 Å². The molecule has 2 aliphatic heterocycles. The van der Waals surface area contributed by atoms with E-state index >= 15 is 0 Å². The Morgan fingerprint density at radius 3 is 2.29 bits per heavy atom. The first kappa shape index (κ1) is 22.0. The van der Waals surface area contributed by atoms with E-state index in [0.29, 0.717) is 50.7 Å². The molecular weight excluding hydrogens is 436 g/mol. The van der Waals surface area contributed by atoms with Crippen LogP contribution in [0.2, 0.25) is 5.02 Å². The third-order valence-electron chi connectivity index (χ3n) is 5.93. The summed E-state index contributed by atoms with van der Waals surface area (Å²) in [5.41, 5.74) is 0.837. The Balaban J connectivity index is 1.34. The molecular formula is C22H27ClN4O3S. The van der Waals surface area contributed by atoms with E-state index in [4.69, 9.17) is 11.6 Å². The van der Waals surface area contributed by atoms with Crippen LogP contribution in [0.15, 0.2) is 47.5 Å². The average Bonchev–Trinajstić information content (AvgIpc) is 2.81. The van der Waals surface area contributed by atoms with Crippen LogP contribution in [0.1, 0.15) is 24.8 Å². The number of aromatic nitrogens is 1. The van der Waals surface area contributed by atoms with Crippen LogP contribution < -0.4 is 4.90 Å². The molecule has 2 fully saturated rings. The molecule has 9 heteroatoms. The Morgan fingerprint density at radius 2 is 1.65 bits per heavy atom. The Kier molecular flexibility index (Phi) is 6.79. The molecule has 7 nitrogen and oxygen atoms in total. The SMILES string of the molecule is O=C(Cc1ccccc1Cl)N1CCN(c2ccc(S(=O)(=O)N3CCCCC3)cn2)CC1. The van der Waals surface area contributed by atoms with Crippen molar-refractivity contribution in [2.45, 2.75) is 30.6 Å². The number of sulfonamides is 1. The number of benzene rings is 1. The molecule has 0 N–H and O–H groups in total. The fourth-order valence-corrected chi connectivity index (χ4v) is 5.73. The highest BCUT2D eigenvalue weighted by Crippen LogP contribution is 2.22. The number of rotatable bonds is 5.